The van der Waals surface area contributed by atoms with Crippen LogP contribution in [-0.2, 0) is 0 Å². The van der Waals surface area contributed by atoms with E-state index in [2.05, 4.69) is 30.6 Å². The number of rotatable bonds is 12. The van der Waals surface area contributed by atoms with Crippen LogP contribution in [0.3, 0.4) is 0 Å². The third kappa shape index (κ3) is 10.2. The van der Waals surface area contributed by atoms with Crippen LogP contribution in [0.5, 0.6) is 0 Å². The van der Waals surface area contributed by atoms with Crippen molar-refractivity contribution in [3.8, 4) is 0 Å². The van der Waals surface area contributed by atoms with Gasteiger partial charge in [0.25, 0.3) is 0 Å². The zero-order chi connectivity index (χ0) is 12.1. The molecule has 2 nitrogen and oxygen atoms in total. The number of hydrogen-bond donors (Lipinski definition) is 1. The summed E-state index contributed by atoms with van der Waals surface area (Å²) < 4.78 is 0. The molecule has 0 atom stereocenters. The molecular formula is C14H30N2. The lowest BCUT2D eigenvalue weighted by molar-refractivity contribution is 0.295. The van der Waals surface area contributed by atoms with Crippen molar-refractivity contribution in [1.82, 2.24) is 10.2 Å². The molecule has 0 heterocycles. The predicted octanol–water partition coefficient (Wildman–Crippen LogP) is 3.05. The van der Waals surface area contributed by atoms with Crippen LogP contribution in [0.1, 0.15) is 46.0 Å². The zero-order valence-electron chi connectivity index (χ0n) is 11.3. The second-order valence-corrected chi connectivity index (χ2v) is 4.40. The highest BCUT2D eigenvalue weighted by Crippen LogP contribution is 1.99. The average molecular weight is 226 g/mol. The average Bonchev–Trinajstić information content (AvgIpc) is 2.28. The first kappa shape index (κ1) is 15.7. The highest BCUT2D eigenvalue weighted by molar-refractivity contribution is 4.73. The van der Waals surface area contributed by atoms with Gasteiger partial charge in [-0.1, -0.05) is 26.3 Å². The topological polar surface area (TPSA) is 15.3 Å². The van der Waals surface area contributed by atoms with Gasteiger partial charge in [-0.05, 0) is 51.9 Å². The van der Waals surface area contributed by atoms with Crippen LogP contribution in [0, 0.1) is 0 Å². The van der Waals surface area contributed by atoms with Gasteiger partial charge < -0.3 is 5.32 Å². The Kier molecular flexibility index (Phi) is 12.5. The first-order chi connectivity index (χ1) is 7.85. The highest BCUT2D eigenvalue weighted by atomic mass is 15.1. The largest absolute Gasteiger partial charge is 0.317 e. The summed E-state index contributed by atoms with van der Waals surface area (Å²) in [6.07, 6.45) is 8.47. The highest BCUT2D eigenvalue weighted by Gasteiger charge is 2.00. The molecule has 0 rings (SSSR count). The Morgan fingerprint density at radius 2 is 1.81 bits per heavy atom. The molecule has 0 aliphatic heterocycles. The number of nitrogens with one attached hydrogen (secondary N) is 1. The molecule has 0 saturated heterocycles. The standard InChI is InChI=1S/C14H30N2/c1-4-10-15-11-8-7-9-14-16(12-5-2)13-6-3/h5,15H,2,4,6-14H2,1,3H3. The summed E-state index contributed by atoms with van der Waals surface area (Å²) in [5.74, 6) is 0. The second-order valence-electron chi connectivity index (χ2n) is 4.40. The quantitative estimate of drug-likeness (QED) is 0.406. The van der Waals surface area contributed by atoms with Gasteiger partial charge in [-0.15, -0.1) is 6.58 Å². The zero-order valence-corrected chi connectivity index (χ0v) is 11.3. The lowest BCUT2D eigenvalue weighted by Gasteiger charge is -2.19. The van der Waals surface area contributed by atoms with Crippen LogP contribution in [0.2, 0.25) is 0 Å². The number of nitrogens with zero attached hydrogens (tertiary/aromatic N) is 1. The van der Waals surface area contributed by atoms with Gasteiger partial charge in [-0.2, -0.15) is 0 Å². The Balaban J connectivity index is 3.29. The number of unbranched alkanes of at least 4 members (excludes halogenated alkanes) is 2. The first-order valence-electron chi connectivity index (χ1n) is 6.89. The molecule has 0 aliphatic rings. The summed E-state index contributed by atoms with van der Waals surface area (Å²) in [7, 11) is 0. The Morgan fingerprint density at radius 3 is 2.44 bits per heavy atom. The molecule has 0 spiro atoms. The Morgan fingerprint density at radius 1 is 1.00 bits per heavy atom. The van der Waals surface area contributed by atoms with Crippen molar-refractivity contribution in [2.24, 2.45) is 0 Å². The van der Waals surface area contributed by atoms with Crippen molar-refractivity contribution in [3.05, 3.63) is 12.7 Å². The van der Waals surface area contributed by atoms with Crippen molar-refractivity contribution >= 4 is 0 Å². The third-order valence-electron chi connectivity index (χ3n) is 2.68. The predicted molar refractivity (Wildman–Crippen MR) is 73.9 cm³/mol. The first-order valence-corrected chi connectivity index (χ1v) is 6.89. The maximum absolute atomic E-state index is 3.81. The fourth-order valence-electron chi connectivity index (χ4n) is 1.86. The Hall–Kier alpha value is -0.340. The van der Waals surface area contributed by atoms with Crippen LogP contribution in [-0.4, -0.2) is 37.6 Å². The van der Waals surface area contributed by atoms with Gasteiger partial charge in [-0.3, -0.25) is 4.90 Å². The smallest absolute Gasteiger partial charge is 0.0160 e. The van der Waals surface area contributed by atoms with Gasteiger partial charge in [0.1, 0.15) is 0 Å². The van der Waals surface area contributed by atoms with E-state index in [1.54, 1.807) is 0 Å². The number of hydrogen-bond acceptors (Lipinski definition) is 2. The van der Waals surface area contributed by atoms with E-state index < -0.39 is 0 Å². The molecule has 2 heteroatoms. The molecule has 16 heavy (non-hydrogen) atoms. The molecule has 0 aromatic rings. The summed E-state index contributed by atoms with van der Waals surface area (Å²) in [6, 6.07) is 0. The fraction of sp³-hybridized carbons (Fsp3) is 0.857. The Bertz CT molecular complexity index is 146. The molecule has 0 bridgehead atoms. The maximum atomic E-state index is 3.81. The van der Waals surface area contributed by atoms with E-state index in [-0.39, 0.29) is 0 Å². The van der Waals surface area contributed by atoms with E-state index in [0.29, 0.717) is 0 Å². The molecule has 0 aromatic carbocycles. The third-order valence-corrected chi connectivity index (χ3v) is 2.68. The molecule has 0 fully saturated rings. The lowest BCUT2D eigenvalue weighted by atomic mass is 10.2. The lowest BCUT2D eigenvalue weighted by Crippen LogP contribution is -2.26. The summed E-state index contributed by atoms with van der Waals surface area (Å²) in [5, 5.41) is 3.44. The normalized spacial score (nSPS) is 10.9. The summed E-state index contributed by atoms with van der Waals surface area (Å²) in [6.45, 7) is 14.1. The van der Waals surface area contributed by atoms with E-state index in [1.165, 1.54) is 58.3 Å². The molecular weight excluding hydrogens is 196 g/mol. The SMILES string of the molecule is C=CCN(CCC)CCCCCNCCC. The Labute approximate surface area is 102 Å². The maximum Gasteiger partial charge on any atom is 0.0160 e. The van der Waals surface area contributed by atoms with E-state index in [4.69, 9.17) is 0 Å². The van der Waals surface area contributed by atoms with Crippen molar-refractivity contribution in [2.45, 2.75) is 46.0 Å². The molecule has 1 N–H and O–H groups in total. The van der Waals surface area contributed by atoms with Crippen LogP contribution in [0.25, 0.3) is 0 Å². The van der Waals surface area contributed by atoms with Gasteiger partial charge in [0.2, 0.25) is 0 Å². The van der Waals surface area contributed by atoms with Gasteiger partial charge in [0.15, 0.2) is 0 Å². The van der Waals surface area contributed by atoms with Gasteiger partial charge >= 0.3 is 0 Å². The molecule has 0 amide bonds. The van der Waals surface area contributed by atoms with Gasteiger partial charge in [-0.25, -0.2) is 0 Å². The van der Waals surface area contributed by atoms with Crippen molar-refractivity contribution in [2.75, 3.05) is 32.7 Å². The molecule has 0 saturated carbocycles. The fourth-order valence-corrected chi connectivity index (χ4v) is 1.86. The van der Waals surface area contributed by atoms with Gasteiger partial charge in [0, 0.05) is 6.54 Å². The summed E-state index contributed by atoms with van der Waals surface area (Å²) in [5.41, 5.74) is 0. The van der Waals surface area contributed by atoms with Crippen LogP contribution < -0.4 is 5.32 Å². The minimum Gasteiger partial charge on any atom is -0.317 e. The molecule has 0 aliphatic carbocycles. The van der Waals surface area contributed by atoms with Crippen LogP contribution in [0.4, 0.5) is 0 Å². The second kappa shape index (κ2) is 12.7. The summed E-state index contributed by atoms with van der Waals surface area (Å²) >= 11 is 0. The monoisotopic (exact) mass is 226 g/mol. The molecule has 0 radical (unpaired) electrons. The van der Waals surface area contributed by atoms with E-state index in [1.807, 2.05) is 6.08 Å². The van der Waals surface area contributed by atoms with Gasteiger partial charge in [0.05, 0.1) is 0 Å². The van der Waals surface area contributed by atoms with Crippen LogP contribution in [0.15, 0.2) is 12.7 Å². The van der Waals surface area contributed by atoms with Crippen molar-refractivity contribution in [1.29, 1.82) is 0 Å². The summed E-state index contributed by atoms with van der Waals surface area (Å²) in [4.78, 5) is 2.49. The van der Waals surface area contributed by atoms with Crippen molar-refractivity contribution in [3.63, 3.8) is 0 Å². The molecule has 0 aromatic heterocycles. The van der Waals surface area contributed by atoms with E-state index >= 15 is 0 Å². The minimum atomic E-state index is 1.04. The van der Waals surface area contributed by atoms with E-state index in [0.717, 1.165) is 6.54 Å². The molecule has 0 unspecified atom stereocenters. The minimum absolute atomic E-state index is 1.04. The molecule has 96 valence electrons. The van der Waals surface area contributed by atoms with Crippen molar-refractivity contribution < 1.29 is 0 Å². The van der Waals surface area contributed by atoms with E-state index in [9.17, 15) is 0 Å². The van der Waals surface area contributed by atoms with Crippen LogP contribution >= 0.6 is 0 Å².